The van der Waals surface area contributed by atoms with Crippen LogP contribution in [0.1, 0.15) is 11.1 Å². The SMILES string of the molecule is C=C(O)c1ccccc1C(=C)S(=O)(=O)[O-]. The van der Waals surface area contributed by atoms with Crippen molar-refractivity contribution >= 4 is 20.8 Å². The number of aliphatic hydroxyl groups is 1. The van der Waals surface area contributed by atoms with Crippen LogP contribution >= 0.6 is 0 Å². The summed E-state index contributed by atoms with van der Waals surface area (Å²) < 4.78 is 32.2. The van der Waals surface area contributed by atoms with Gasteiger partial charge in [0, 0.05) is 11.1 Å². The zero-order valence-corrected chi connectivity index (χ0v) is 8.62. The lowest BCUT2D eigenvalue weighted by atomic mass is 10.1. The lowest BCUT2D eigenvalue weighted by molar-refractivity contribution is 0.476. The van der Waals surface area contributed by atoms with Gasteiger partial charge in [-0.25, -0.2) is 8.42 Å². The molecule has 0 unspecified atom stereocenters. The highest BCUT2D eigenvalue weighted by atomic mass is 32.2. The van der Waals surface area contributed by atoms with Gasteiger partial charge in [0.2, 0.25) is 0 Å². The topological polar surface area (TPSA) is 77.4 Å². The summed E-state index contributed by atoms with van der Waals surface area (Å²) in [6.07, 6.45) is 0. The highest BCUT2D eigenvalue weighted by Gasteiger charge is 2.11. The molecule has 0 aliphatic heterocycles. The zero-order chi connectivity index (χ0) is 11.6. The molecule has 80 valence electrons. The summed E-state index contributed by atoms with van der Waals surface area (Å²) in [7, 11) is -4.61. The van der Waals surface area contributed by atoms with Gasteiger partial charge in [-0.3, -0.25) is 0 Å². The van der Waals surface area contributed by atoms with Crippen LogP contribution in [0, 0.1) is 0 Å². The average Bonchev–Trinajstić information content (AvgIpc) is 2.15. The Labute approximate surface area is 87.9 Å². The van der Waals surface area contributed by atoms with Crippen molar-refractivity contribution in [1.82, 2.24) is 0 Å². The van der Waals surface area contributed by atoms with E-state index in [1.165, 1.54) is 18.2 Å². The summed E-state index contributed by atoms with van der Waals surface area (Å²) in [6.45, 7) is 6.45. The Bertz CT molecular complexity index is 514. The fourth-order valence-electron chi connectivity index (χ4n) is 1.11. The molecule has 1 aromatic carbocycles. The van der Waals surface area contributed by atoms with Crippen molar-refractivity contribution in [2.24, 2.45) is 0 Å². The molecule has 15 heavy (non-hydrogen) atoms. The van der Waals surface area contributed by atoms with Gasteiger partial charge in [-0.2, -0.15) is 0 Å². The number of hydrogen-bond donors (Lipinski definition) is 1. The maximum Gasteiger partial charge on any atom is 0.124 e. The van der Waals surface area contributed by atoms with Gasteiger partial charge >= 0.3 is 0 Å². The number of hydrogen-bond acceptors (Lipinski definition) is 4. The minimum Gasteiger partial charge on any atom is -0.744 e. The minimum absolute atomic E-state index is 0.0694. The van der Waals surface area contributed by atoms with Crippen LogP contribution in [-0.4, -0.2) is 18.1 Å². The van der Waals surface area contributed by atoms with Gasteiger partial charge in [-0.1, -0.05) is 37.4 Å². The van der Waals surface area contributed by atoms with Gasteiger partial charge in [0.15, 0.2) is 0 Å². The van der Waals surface area contributed by atoms with Crippen LogP contribution < -0.4 is 0 Å². The van der Waals surface area contributed by atoms with Gasteiger partial charge in [0.25, 0.3) is 0 Å². The minimum atomic E-state index is -4.61. The third kappa shape index (κ3) is 2.45. The fraction of sp³-hybridized carbons (Fsp3) is 0. The van der Waals surface area contributed by atoms with Gasteiger partial charge in [0.05, 0.1) is 4.91 Å². The molecule has 0 fully saturated rings. The normalized spacial score (nSPS) is 11.0. The smallest absolute Gasteiger partial charge is 0.124 e. The van der Waals surface area contributed by atoms with Crippen LogP contribution in [0.25, 0.3) is 10.7 Å². The standard InChI is InChI=1S/C10H10O4S/c1-7(11)9-5-3-4-6-10(9)8(2)15(12,13)14/h3-6,11H,1-2H2,(H,12,13,14)/p-1. The maximum atomic E-state index is 10.7. The molecule has 1 rings (SSSR count). The quantitative estimate of drug-likeness (QED) is 0.627. The summed E-state index contributed by atoms with van der Waals surface area (Å²) in [5.74, 6) is -0.310. The molecule has 0 aliphatic rings. The Morgan fingerprint density at radius 3 is 2.07 bits per heavy atom. The van der Waals surface area contributed by atoms with E-state index in [9.17, 15) is 18.1 Å². The Morgan fingerprint density at radius 1 is 1.20 bits per heavy atom. The zero-order valence-electron chi connectivity index (χ0n) is 7.80. The van der Waals surface area contributed by atoms with E-state index in [0.29, 0.717) is 0 Å². The lowest BCUT2D eigenvalue weighted by Crippen LogP contribution is -2.02. The van der Waals surface area contributed by atoms with Crippen LogP contribution in [0.4, 0.5) is 0 Å². The first kappa shape index (κ1) is 11.5. The molecule has 0 spiro atoms. The molecule has 5 heteroatoms. The number of benzene rings is 1. The monoisotopic (exact) mass is 225 g/mol. The number of rotatable bonds is 3. The fourth-order valence-corrected chi connectivity index (χ4v) is 1.56. The van der Waals surface area contributed by atoms with E-state index in [1.54, 1.807) is 6.07 Å². The lowest BCUT2D eigenvalue weighted by Gasteiger charge is -2.13. The van der Waals surface area contributed by atoms with Crippen molar-refractivity contribution in [1.29, 1.82) is 0 Å². The second-order valence-electron chi connectivity index (χ2n) is 2.87. The summed E-state index contributed by atoms with van der Waals surface area (Å²) in [5, 5.41) is 9.19. The van der Waals surface area contributed by atoms with E-state index >= 15 is 0 Å². The predicted molar refractivity (Wildman–Crippen MR) is 56.8 cm³/mol. The second kappa shape index (κ2) is 3.88. The summed E-state index contributed by atoms with van der Waals surface area (Å²) in [6, 6.07) is 5.96. The highest BCUT2D eigenvalue weighted by Crippen LogP contribution is 2.25. The summed E-state index contributed by atoms with van der Waals surface area (Å²) >= 11 is 0. The molecule has 4 nitrogen and oxygen atoms in total. The molecule has 0 amide bonds. The van der Waals surface area contributed by atoms with E-state index < -0.39 is 15.0 Å². The van der Waals surface area contributed by atoms with Crippen LogP contribution in [0.5, 0.6) is 0 Å². The van der Waals surface area contributed by atoms with E-state index in [1.807, 2.05) is 0 Å². The van der Waals surface area contributed by atoms with Crippen LogP contribution in [0.15, 0.2) is 37.4 Å². The molecule has 1 aromatic rings. The van der Waals surface area contributed by atoms with E-state index in [0.717, 1.165) is 0 Å². The molecular weight excluding hydrogens is 216 g/mol. The van der Waals surface area contributed by atoms with Gasteiger partial charge in [0.1, 0.15) is 15.9 Å². The van der Waals surface area contributed by atoms with Crippen LogP contribution in [-0.2, 0) is 10.1 Å². The van der Waals surface area contributed by atoms with Crippen molar-refractivity contribution in [3.63, 3.8) is 0 Å². The molecule has 0 aliphatic carbocycles. The number of aliphatic hydroxyl groups excluding tert-OH is 1. The Balaban J connectivity index is 3.39. The third-order valence-corrected chi connectivity index (χ3v) is 2.66. The molecule has 0 heterocycles. The Kier molecular flexibility index (Phi) is 2.97. The first-order valence-electron chi connectivity index (χ1n) is 3.96. The van der Waals surface area contributed by atoms with Crippen LogP contribution in [0.2, 0.25) is 0 Å². The second-order valence-corrected chi connectivity index (χ2v) is 4.27. The van der Waals surface area contributed by atoms with Gasteiger partial charge < -0.3 is 9.66 Å². The van der Waals surface area contributed by atoms with Crippen molar-refractivity contribution in [2.45, 2.75) is 0 Å². The summed E-state index contributed by atoms with van der Waals surface area (Å²) in [5.41, 5.74) is 0.252. The van der Waals surface area contributed by atoms with Crippen LogP contribution in [0.3, 0.4) is 0 Å². The molecule has 0 radical (unpaired) electrons. The Hall–Kier alpha value is -1.59. The van der Waals surface area contributed by atoms with Gasteiger partial charge in [-0.15, -0.1) is 0 Å². The largest absolute Gasteiger partial charge is 0.744 e. The maximum absolute atomic E-state index is 10.7. The average molecular weight is 225 g/mol. The molecule has 0 bridgehead atoms. The van der Waals surface area contributed by atoms with E-state index in [-0.39, 0.29) is 16.9 Å². The third-order valence-electron chi connectivity index (χ3n) is 1.84. The first-order valence-corrected chi connectivity index (χ1v) is 5.37. The molecular formula is C10H9O4S-. The molecule has 1 N–H and O–H groups in total. The van der Waals surface area contributed by atoms with Crippen molar-refractivity contribution in [2.75, 3.05) is 0 Å². The molecule has 0 saturated heterocycles. The molecule has 0 aromatic heterocycles. The van der Waals surface area contributed by atoms with Crippen molar-refractivity contribution in [3.05, 3.63) is 48.6 Å². The van der Waals surface area contributed by atoms with E-state index in [4.69, 9.17) is 0 Å². The van der Waals surface area contributed by atoms with Crippen molar-refractivity contribution in [3.8, 4) is 0 Å². The summed E-state index contributed by atoms with van der Waals surface area (Å²) in [4.78, 5) is -0.576. The van der Waals surface area contributed by atoms with E-state index in [2.05, 4.69) is 13.2 Å². The van der Waals surface area contributed by atoms with Gasteiger partial charge in [-0.05, 0) is 0 Å². The highest BCUT2D eigenvalue weighted by molar-refractivity contribution is 7.95. The Morgan fingerprint density at radius 2 is 1.67 bits per heavy atom. The van der Waals surface area contributed by atoms with Crippen molar-refractivity contribution < 1.29 is 18.1 Å². The predicted octanol–water partition coefficient (Wildman–Crippen LogP) is 1.73. The molecule has 0 atom stereocenters. The molecule has 0 saturated carbocycles. The first-order chi connectivity index (χ1) is 6.84.